The first-order chi connectivity index (χ1) is 8.91. The third kappa shape index (κ3) is 2.72. The fraction of sp³-hybridized carbons (Fsp3) is 0.231. The van der Waals surface area contributed by atoms with Gasteiger partial charge in [0.15, 0.2) is 0 Å². The van der Waals surface area contributed by atoms with Gasteiger partial charge in [-0.2, -0.15) is 5.10 Å². The Labute approximate surface area is 123 Å². The van der Waals surface area contributed by atoms with Crippen LogP contribution >= 0.6 is 27.5 Å². The van der Waals surface area contributed by atoms with Gasteiger partial charge in [-0.05, 0) is 32.0 Å². The molecule has 19 heavy (non-hydrogen) atoms. The average Bonchev–Trinajstić information content (AvgIpc) is 2.73. The van der Waals surface area contributed by atoms with Crippen molar-refractivity contribution in [3.05, 3.63) is 51.0 Å². The van der Waals surface area contributed by atoms with E-state index in [1.165, 1.54) is 29.1 Å². The zero-order chi connectivity index (χ0) is 14.2. The summed E-state index contributed by atoms with van der Waals surface area (Å²) in [7, 11) is 0. The molecule has 0 saturated heterocycles. The predicted molar refractivity (Wildman–Crippen MR) is 75.2 cm³/mol. The third-order valence-electron chi connectivity index (χ3n) is 2.63. The molecule has 1 aromatic heterocycles. The van der Waals surface area contributed by atoms with Gasteiger partial charge in [0.05, 0.1) is 11.2 Å². The van der Waals surface area contributed by atoms with Gasteiger partial charge in [0, 0.05) is 16.1 Å². The van der Waals surface area contributed by atoms with Crippen molar-refractivity contribution in [1.29, 1.82) is 0 Å². The number of aromatic nitrogens is 2. The molecule has 6 heteroatoms. The van der Waals surface area contributed by atoms with E-state index in [-0.39, 0.29) is 28.1 Å². The van der Waals surface area contributed by atoms with Crippen LogP contribution in [0.5, 0.6) is 0 Å². The van der Waals surface area contributed by atoms with Crippen LogP contribution in [0.3, 0.4) is 0 Å². The van der Waals surface area contributed by atoms with Crippen molar-refractivity contribution < 1.29 is 9.18 Å². The van der Waals surface area contributed by atoms with Crippen LogP contribution in [0.15, 0.2) is 28.9 Å². The molecule has 0 saturated carbocycles. The molecule has 0 aliphatic heterocycles. The van der Waals surface area contributed by atoms with Crippen molar-refractivity contribution in [2.75, 3.05) is 0 Å². The summed E-state index contributed by atoms with van der Waals surface area (Å²) in [6.07, 6.45) is 1.42. The molecule has 3 nitrogen and oxygen atoms in total. The van der Waals surface area contributed by atoms with Gasteiger partial charge in [-0.1, -0.05) is 27.5 Å². The van der Waals surface area contributed by atoms with Gasteiger partial charge < -0.3 is 0 Å². The van der Waals surface area contributed by atoms with Crippen LogP contribution in [0.25, 0.3) is 0 Å². The van der Waals surface area contributed by atoms with Gasteiger partial charge in [0.25, 0.3) is 0 Å². The van der Waals surface area contributed by atoms with E-state index >= 15 is 0 Å². The maximum atomic E-state index is 13.3. The number of nitrogens with zero attached hydrogens (tertiary/aromatic N) is 2. The first kappa shape index (κ1) is 14.2. The van der Waals surface area contributed by atoms with Crippen LogP contribution in [0, 0.1) is 5.82 Å². The number of hydrogen-bond donors (Lipinski definition) is 0. The largest absolute Gasteiger partial charge is 0.287 e. The molecule has 0 fully saturated rings. The fourth-order valence-electron chi connectivity index (χ4n) is 1.74. The van der Waals surface area contributed by atoms with E-state index < -0.39 is 5.82 Å². The summed E-state index contributed by atoms with van der Waals surface area (Å²) in [5, 5.41) is 4.33. The highest BCUT2D eigenvalue weighted by molar-refractivity contribution is 9.10. The summed E-state index contributed by atoms with van der Waals surface area (Å²) >= 11 is 9.26. The van der Waals surface area contributed by atoms with Crippen LogP contribution in [-0.2, 0) is 0 Å². The smallest absolute Gasteiger partial charge is 0.213 e. The minimum absolute atomic E-state index is 0.0150. The van der Waals surface area contributed by atoms with E-state index in [2.05, 4.69) is 21.0 Å². The molecule has 2 rings (SSSR count). The van der Waals surface area contributed by atoms with Crippen LogP contribution in [0.1, 0.15) is 35.9 Å². The van der Waals surface area contributed by atoms with Gasteiger partial charge in [-0.25, -0.2) is 4.39 Å². The van der Waals surface area contributed by atoms with Crippen LogP contribution in [0.2, 0.25) is 5.02 Å². The molecule has 1 aromatic carbocycles. The Balaban J connectivity index is 2.56. The van der Waals surface area contributed by atoms with Gasteiger partial charge in [-0.15, -0.1) is 0 Å². The molecular formula is C13H11BrClFN2O. The number of carbonyl (C=O) groups excluding carboxylic acids is 1. The number of carbonyl (C=O) groups is 1. The minimum atomic E-state index is -0.474. The Morgan fingerprint density at radius 1 is 1.47 bits per heavy atom. The van der Waals surface area contributed by atoms with E-state index in [9.17, 15) is 9.18 Å². The van der Waals surface area contributed by atoms with Crippen LogP contribution in [0.4, 0.5) is 4.39 Å². The maximum absolute atomic E-state index is 13.3. The Hall–Kier alpha value is -1.20. The zero-order valence-electron chi connectivity index (χ0n) is 10.3. The van der Waals surface area contributed by atoms with E-state index in [1.54, 1.807) is 0 Å². The number of hydrogen-bond acceptors (Lipinski definition) is 2. The predicted octanol–water partition coefficient (Wildman–Crippen LogP) is 4.25. The fourth-order valence-corrected chi connectivity index (χ4v) is 2.39. The summed E-state index contributed by atoms with van der Waals surface area (Å²) in [6.45, 7) is 3.78. The summed E-state index contributed by atoms with van der Waals surface area (Å²) in [5.74, 6) is -0.833. The monoisotopic (exact) mass is 344 g/mol. The molecule has 0 aliphatic rings. The molecule has 0 amide bonds. The van der Waals surface area contributed by atoms with Crippen LogP contribution < -0.4 is 0 Å². The molecule has 0 aliphatic carbocycles. The van der Waals surface area contributed by atoms with Gasteiger partial charge >= 0.3 is 0 Å². The second kappa shape index (κ2) is 5.43. The van der Waals surface area contributed by atoms with E-state index in [0.29, 0.717) is 4.47 Å². The van der Waals surface area contributed by atoms with Crippen molar-refractivity contribution in [2.45, 2.75) is 19.9 Å². The number of halogens is 3. The maximum Gasteiger partial charge on any atom is 0.213 e. The van der Waals surface area contributed by atoms with E-state index in [0.717, 1.165) is 0 Å². The molecule has 100 valence electrons. The minimum Gasteiger partial charge on any atom is -0.287 e. The van der Waals surface area contributed by atoms with Crippen molar-refractivity contribution >= 4 is 33.3 Å². The second-order valence-electron chi connectivity index (χ2n) is 4.33. The lowest BCUT2D eigenvalue weighted by Crippen LogP contribution is -2.14. The topological polar surface area (TPSA) is 34.9 Å². The molecular weight excluding hydrogens is 335 g/mol. The molecule has 0 N–H and O–H groups in total. The number of benzene rings is 1. The van der Waals surface area contributed by atoms with Crippen LogP contribution in [-0.4, -0.2) is 15.6 Å². The Morgan fingerprint density at radius 3 is 2.79 bits per heavy atom. The van der Waals surface area contributed by atoms with Crippen molar-refractivity contribution in [2.24, 2.45) is 0 Å². The molecule has 0 unspecified atom stereocenters. The van der Waals surface area contributed by atoms with Gasteiger partial charge in [0.1, 0.15) is 11.5 Å². The Bertz CT molecular complexity index is 640. The molecule has 0 radical (unpaired) electrons. The Kier molecular flexibility index (Phi) is 4.06. The third-order valence-corrected chi connectivity index (χ3v) is 3.60. The summed E-state index contributed by atoms with van der Waals surface area (Å²) in [4.78, 5) is 12.5. The van der Waals surface area contributed by atoms with Gasteiger partial charge in [0.2, 0.25) is 5.78 Å². The summed E-state index contributed by atoms with van der Waals surface area (Å²) in [6, 6.07) is 3.94. The highest BCUT2D eigenvalue weighted by Gasteiger charge is 2.22. The summed E-state index contributed by atoms with van der Waals surface area (Å²) in [5.41, 5.74) is 0.493. The quantitative estimate of drug-likeness (QED) is 0.780. The first-order valence-corrected chi connectivity index (χ1v) is 6.81. The highest BCUT2D eigenvalue weighted by atomic mass is 79.9. The Morgan fingerprint density at radius 2 is 2.16 bits per heavy atom. The summed E-state index contributed by atoms with van der Waals surface area (Å²) < 4.78 is 15.3. The zero-order valence-corrected chi connectivity index (χ0v) is 12.7. The molecule has 0 bridgehead atoms. The average molecular weight is 346 g/mol. The second-order valence-corrected chi connectivity index (χ2v) is 5.59. The lowest BCUT2D eigenvalue weighted by molar-refractivity contribution is 0.102. The SMILES string of the molecule is CC(C)n1ncc(Cl)c1C(=O)c1cc(F)ccc1Br. The van der Waals surface area contributed by atoms with E-state index in [1.807, 2.05) is 13.8 Å². The van der Waals surface area contributed by atoms with Crippen molar-refractivity contribution in [1.82, 2.24) is 9.78 Å². The first-order valence-electron chi connectivity index (χ1n) is 5.64. The van der Waals surface area contributed by atoms with E-state index in [4.69, 9.17) is 11.6 Å². The lowest BCUT2D eigenvalue weighted by Gasteiger charge is -2.11. The van der Waals surface area contributed by atoms with Crippen molar-refractivity contribution in [3.63, 3.8) is 0 Å². The molecule has 0 atom stereocenters. The standard InChI is InChI=1S/C13H11BrClFN2O/c1-7(2)18-12(11(15)6-17-18)13(19)9-5-8(16)3-4-10(9)14/h3-7H,1-2H3. The van der Waals surface area contributed by atoms with Gasteiger partial charge in [-0.3, -0.25) is 9.48 Å². The molecule has 1 heterocycles. The van der Waals surface area contributed by atoms with Crippen molar-refractivity contribution in [3.8, 4) is 0 Å². The molecule has 2 aromatic rings. The number of rotatable bonds is 3. The highest BCUT2D eigenvalue weighted by Crippen LogP contribution is 2.26. The normalized spacial score (nSPS) is 11.1. The number of ketones is 1. The lowest BCUT2D eigenvalue weighted by atomic mass is 10.1. The molecule has 0 spiro atoms.